The number of piperidine rings is 1. The summed E-state index contributed by atoms with van der Waals surface area (Å²) < 4.78 is 0. The van der Waals surface area contributed by atoms with E-state index in [1.807, 2.05) is 18.9 Å². The molecular formula is C14H28N2O2. The van der Waals surface area contributed by atoms with Crippen LogP contribution >= 0.6 is 0 Å². The Labute approximate surface area is 111 Å². The lowest BCUT2D eigenvalue weighted by atomic mass is 10.1. The first-order chi connectivity index (χ1) is 8.66. The fourth-order valence-corrected chi connectivity index (χ4v) is 2.41. The zero-order chi connectivity index (χ0) is 13.4. The Balaban J connectivity index is 2.27. The summed E-state index contributed by atoms with van der Waals surface area (Å²) in [6, 6.07) is -0.0165. The Morgan fingerprint density at radius 3 is 2.50 bits per heavy atom. The summed E-state index contributed by atoms with van der Waals surface area (Å²) in [5.41, 5.74) is 0. The molecular weight excluding hydrogens is 228 g/mol. The molecule has 1 fully saturated rings. The molecule has 4 nitrogen and oxygen atoms in total. The van der Waals surface area contributed by atoms with Gasteiger partial charge >= 0.3 is 0 Å². The second-order valence-electron chi connectivity index (χ2n) is 5.33. The topological polar surface area (TPSA) is 43.8 Å². The molecule has 0 aromatic rings. The molecule has 1 N–H and O–H groups in total. The zero-order valence-electron chi connectivity index (χ0n) is 11.9. The van der Waals surface area contributed by atoms with Gasteiger partial charge in [-0.3, -0.25) is 9.69 Å². The van der Waals surface area contributed by atoms with Gasteiger partial charge in [0.25, 0.3) is 0 Å². The maximum atomic E-state index is 12.3. The zero-order valence-corrected chi connectivity index (χ0v) is 11.9. The second kappa shape index (κ2) is 8.48. The summed E-state index contributed by atoms with van der Waals surface area (Å²) in [4.78, 5) is 16.4. The normalized spacial score (nSPS) is 18.1. The lowest BCUT2D eigenvalue weighted by Crippen LogP contribution is -2.47. The Morgan fingerprint density at radius 1 is 1.22 bits per heavy atom. The molecule has 1 aliphatic rings. The molecule has 18 heavy (non-hydrogen) atoms. The van der Waals surface area contributed by atoms with Crippen LogP contribution in [0.1, 0.15) is 45.4 Å². The van der Waals surface area contributed by atoms with Crippen LogP contribution < -0.4 is 0 Å². The van der Waals surface area contributed by atoms with Gasteiger partial charge in [-0.05, 0) is 59.0 Å². The molecule has 0 aromatic heterocycles. The van der Waals surface area contributed by atoms with Crippen LogP contribution in [0.15, 0.2) is 0 Å². The summed E-state index contributed by atoms with van der Waals surface area (Å²) in [6.07, 6.45) is 6.51. The molecule has 106 valence electrons. The van der Waals surface area contributed by atoms with Gasteiger partial charge in [0.05, 0.1) is 6.04 Å². The molecule has 1 aliphatic heterocycles. The van der Waals surface area contributed by atoms with Gasteiger partial charge in [0.1, 0.15) is 0 Å². The minimum absolute atomic E-state index is 0.0165. The highest BCUT2D eigenvalue weighted by molar-refractivity contribution is 5.81. The third-order valence-electron chi connectivity index (χ3n) is 3.86. The second-order valence-corrected chi connectivity index (χ2v) is 5.33. The van der Waals surface area contributed by atoms with Crippen molar-refractivity contribution in [3.8, 4) is 0 Å². The van der Waals surface area contributed by atoms with E-state index in [1.54, 1.807) is 0 Å². The van der Waals surface area contributed by atoms with Crippen molar-refractivity contribution >= 4 is 5.91 Å². The number of rotatable bonds is 7. The van der Waals surface area contributed by atoms with Crippen LogP contribution in [0, 0.1) is 0 Å². The number of likely N-dealkylation sites (N-methyl/N-ethyl adjacent to an activating group) is 1. The van der Waals surface area contributed by atoms with Gasteiger partial charge in [0.15, 0.2) is 0 Å². The summed E-state index contributed by atoms with van der Waals surface area (Å²) in [7, 11) is 2.02. The van der Waals surface area contributed by atoms with Crippen LogP contribution in [0.25, 0.3) is 0 Å². The van der Waals surface area contributed by atoms with E-state index in [9.17, 15) is 4.79 Å². The molecule has 0 spiro atoms. The molecule has 0 aliphatic carbocycles. The molecule has 0 aromatic carbocycles. The number of carbonyl (C=O) groups excluding carboxylic acids is 1. The number of amides is 1. The van der Waals surface area contributed by atoms with Gasteiger partial charge in [0.2, 0.25) is 5.91 Å². The summed E-state index contributed by atoms with van der Waals surface area (Å²) >= 11 is 0. The first-order valence-corrected chi connectivity index (χ1v) is 7.26. The van der Waals surface area contributed by atoms with Crippen LogP contribution in [0.4, 0.5) is 0 Å². The van der Waals surface area contributed by atoms with Crippen molar-refractivity contribution in [2.75, 3.05) is 33.3 Å². The third kappa shape index (κ3) is 4.94. The van der Waals surface area contributed by atoms with E-state index in [-0.39, 0.29) is 18.6 Å². The van der Waals surface area contributed by atoms with Gasteiger partial charge in [-0.25, -0.2) is 0 Å². The van der Waals surface area contributed by atoms with Crippen LogP contribution in [-0.2, 0) is 4.79 Å². The van der Waals surface area contributed by atoms with Crippen molar-refractivity contribution in [1.82, 2.24) is 9.80 Å². The lowest BCUT2D eigenvalue weighted by Gasteiger charge is -2.32. The Morgan fingerprint density at radius 2 is 1.89 bits per heavy atom. The summed E-state index contributed by atoms with van der Waals surface area (Å²) in [6.45, 7) is 5.07. The predicted molar refractivity (Wildman–Crippen MR) is 73.5 cm³/mol. The highest BCUT2D eigenvalue weighted by Gasteiger charge is 2.24. The Bertz CT molecular complexity index is 240. The number of hydrogen-bond acceptors (Lipinski definition) is 3. The summed E-state index contributed by atoms with van der Waals surface area (Å²) in [5.74, 6) is 0.277. The Hall–Kier alpha value is -0.610. The standard InChI is InChI=1S/C14H28N2O2/c1-13(15(2)9-5-4-8-12-17)14(18)16-10-6-3-7-11-16/h13,17H,3-12H2,1-2H3. The lowest BCUT2D eigenvalue weighted by molar-refractivity contribution is -0.136. The highest BCUT2D eigenvalue weighted by Crippen LogP contribution is 2.12. The number of likely N-dealkylation sites (tertiary alicyclic amines) is 1. The molecule has 0 bridgehead atoms. The molecule has 1 amide bonds. The van der Waals surface area contributed by atoms with Crippen molar-refractivity contribution < 1.29 is 9.90 Å². The molecule has 1 heterocycles. The molecule has 1 atom stereocenters. The molecule has 4 heteroatoms. The molecule has 1 unspecified atom stereocenters. The fourth-order valence-electron chi connectivity index (χ4n) is 2.41. The average molecular weight is 256 g/mol. The van der Waals surface area contributed by atoms with Gasteiger partial charge in [0, 0.05) is 19.7 Å². The van der Waals surface area contributed by atoms with Gasteiger partial charge in [-0.1, -0.05) is 0 Å². The van der Waals surface area contributed by atoms with Crippen molar-refractivity contribution in [1.29, 1.82) is 0 Å². The van der Waals surface area contributed by atoms with E-state index in [0.29, 0.717) is 0 Å². The first kappa shape index (κ1) is 15.4. The Kier molecular flexibility index (Phi) is 7.28. The SMILES string of the molecule is CC(C(=O)N1CCCCC1)N(C)CCCCCO. The predicted octanol–water partition coefficient (Wildman–Crippen LogP) is 1.48. The minimum Gasteiger partial charge on any atom is -0.396 e. The average Bonchev–Trinajstić information content (AvgIpc) is 2.42. The third-order valence-corrected chi connectivity index (χ3v) is 3.86. The highest BCUT2D eigenvalue weighted by atomic mass is 16.2. The van der Waals surface area contributed by atoms with Crippen molar-refractivity contribution in [2.45, 2.75) is 51.5 Å². The smallest absolute Gasteiger partial charge is 0.239 e. The van der Waals surface area contributed by atoms with E-state index in [0.717, 1.165) is 51.7 Å². The number of aliphatic hydroxyl groups is 1. The largest absolute Gasteiger partial charge is 0.396 e. The molecule has 1 rings (SSSR count). The molecule has 0 radical (unpaired) electrons. The maximum Gasteiger partial charge on any atom is 0.239 e. The number of carbonyl (C=O) groups is 1. The van der Waals surface area contributed by atoms with E-state index in [4.69, 9.17) is 5.11 Å². The van der Waals surface area contributed by atoms with E-state index >= 15 is 0 Å². The molecule has 0 saturated carbocycles. The minimum atomic E-state index is -0.0165. The summed E-state index contributed by atoms with van der Waals surface area (Å²) in [5, 5.41) is 8.72. The van der Waals surface area contributed by atoms with Crippen LogP contribution in [0.5, 0.6) is 0 Å². The van der Waals surface area contributed by atoms with Crippen molar-refractivity contribution in [3.63, 3.8) is 0 Å². The number of aliphatic hydroxyl groups excluding tert-OH is 1. The van der Waals surface area contributed by atoms with E-state index < -0.39 is 0 Å². The van der Waals surface area contributed by atoms with Gasteiger partial charge < -0.3 is 10.0 Å². The number of hydrogen-bond donors (Lipinski definition) is 1. The maximum absolute atomic E-state index is 12.3. The first-order valence-electron chi connectivity index (χ1n) is 7.26. The van der Waals surface area contributed by atoms with Crippen molar-refractivity contribution in [2.24, 2.45) is 0 Å². The van der Waals surface area contributed by atoms with Gasteiger partial charge in [-0.2, -0.15) is 0 Å². The number of nitrogens with zero attached hydrogens (tertiary/aromatic N) is 2. The monoisotopic (exact) mass is 256 g/mol. The fraction of sp³-hybridized carbons (Fsp3) is 0.929. The van der Waals surface area contributed by atoms with Crippen LogP contribution in [0.3, 0.4) is 0 Å². The molecule has 1 saturated heterocycles. The van der Waals surface area contributed by atoms with Crippen LogP contribution in [0.2, 0.25) is 0 Å². The van der Waals surface area contributed by atoms with E-state index in [1.165, 1.54) is 6.42 Å². The van der Waals surface area contributed by atoms with Crippen LogP contribution in [-0.4, -0.2) is 60.1 Å². The number of unbranched alkanes of at least 4 members (excludes halogenated alkanes) is 2. The van der Waals surface area contributed by atoms with Gasteiger partial charge in [-0.15, -0.1) is 0 Å². The van der Waals surface area contributed by atoms with Crippen molar-refractivity contribution in [3.05, 3.63) is 0 Å². The van der Waals surface area contributed by atoms with E-state index in [2.05, 4.69) is 4.90 Å². The quantitative estimate of drug-likeness (QED) is 0.702.